The van der Waals surface area contributed by atoms with Crippen LogP contribution in [0.1, 0.15) is 11.8 Å². The summed E-state index contributed by atoms with van der Waals surface area (Å²) in [5.74, 6) is 0. The number of para-hydroxylation sites is 1. The Bertz CT molecular complexity index is 683. The Hall–Kier alpha value is -1.08. The van der Waals surface area contributed by atoms with Crippen LogP contribution in [0.25, 0.3) is 0 Å². The molecular weight excluding hydrogens is 316 g/mol. The van der Waals surface area contributed by atoms with Gasteiger partial charge in [0.15, 0.2) is 0 Å². The molecular formula is C13H15ClN2O2S2. The summed E-state index contributed by atoms with van der Waals surface area (Å²) in [5.41, 5.74) is 0.581. The molecule has 0 saturated heterocycles. The Morgan fingerprint density at radius 2 is 2.05 bits per heavy atom. The number of rotatable bonds is 6. The van der Waals surface area contributed by atoms with Gasteiger partial charge in [0.25, 0.3) is 0 Å². The van der Waals surface area contributed by atoms with Gasteiger partial charge in [0.05, 0.1) is 10.7 Å². The molecule has 2 N–H and O–H groups in total. The SMILES string of the molecule is CCNS(=O)(=O)c1ccccc1NCc1cc(Cl)cs1. The average molecular weight is 331 g/mol. The molecule has 0 aliphatic heterocycles. The maximum Gasteiger partial charge on any atom is 0.242 e. The van der Waals surface area contributed by atoms with Crippen molar-refractivity contribution in [3.8, 4) is 0 Å². The van der Waals surface area contributed by atoms with Gasteiger partial charge >= 0.3 is 0 Å². The van der Waals surface area contributed by atoms with Crippen molar-refractivity contribution in [1.29, 1.82) is 0 Å². The number of hydrogen-bond acceptors (Lipinski definition) is 4. The minimum Gasteiger partial charge on any atom is -0.379 e. The first kappa shape index (κ1) is 15.3. The number of anilines is 1. The van der Waals surface area contributed by atoms with Gasteiger partial charge in [0.2, 0.25) is 10.0 Å². The van der Waals surface area contributed by atoms with Gasteiger partial charge in [-0.25, -0.2) is 13.1 Å². The molecule has 0 fully saturated rings. The van der Waals surface area contributed by atoms with Crippen molar-refractivity contribution in [3.63, 3.8) is 0 Å². The van der Waals surface area contributed by atoms with Gasteiger partial charge < -0.3 is 5.32 Å². The monoisotopic (exact) mass is 330 g/mol. The maximum absolute atomic E-state index is 12.1. The molecule has 1 aromatic heterocycles. The largest absolute Gasteiger partial charge is 0.379 e. The van der Waals surface area contributed by atoms with Crippen molar-refractivity contribution in [2.75, 3.05) is 11.9 Å². The van der Waals surface area contributed by atoms with E-state index < -0.39 is 10.0 Å². The molecule has 0 saturated carbocycles. The van der Waals surface area contributed by atoms with Gasteiger partial charge in [0, 0.05) is 23.3 Å². The summed E-state index contributed by atoms with van der Waals surface area (Å²) in [6.45, 7) is 2.65. The molecule has 7 heteroatoms. The van der Waals surface area contributed by atoms with Gasteiger partial charge in [-0.15, -0.1) is 11.3 Å². The maximum atomic E-state index is 12.1. The molecule has 2 aromatic rings. The highest BCUT2D eigenvalue weighted by atomic mass is 35.5. The molecule has 0 amide bonds. The van der Waals surface area contributed by atoms with E-state index in [2.05, 4.69) is 10.0 Å². The Morgan fingerprint density at radius 1 is 1.30 bits per heavy atom. The summed E-state index contributed by atoms with van der Waals surface area (Å²) in [7, 11) is -3.48. The Morgan fingerprint density at radius 3 is 2.70 bits per heavy atom. The topological polar surface area (TPSA) is 58.2 Å². The van der Waals surface area contributed by atoms with Crippen molar-refractivity contribution >= 4 is 38.6 Å². The summed E-state index contributed by atoms with van der Waals surface area (Å²) < 4.78 is 26.7. The van der Waals surface area contributed by atoms with Crippen LogP contribution < -0.4 is 10.0 Å². The number of hydrogen-bond donors (Lipinski definition) is 2. The van der Waals surface area contributed by atoms with Crippen LogP contribution in [0.15, 0.2) is 40.6 Å². The zero-order valence-corrected chi connectivity index (χ0v) is 13.3. The highest BCUT2D eigenvalue weighted by Crippen LogP contribution is 2.24. The van der Waals surface area contributed by atoms with Crippen LogP contribution in [-0.4, -0.2) is 15.0 Å². The van der Waals surface area contributed by atoms with Gasteiger partial charge in [-0.3, -0.25) is 0 Å². The van der Waals surface area contributed by atoms with E-state index in [9.17, 15) is 8.42 Å². The van der Waals surface area contributed by atoms with Crippen LogP contribution >= 0.6 is 22.9 Å². The van der Waals surface area contributed by atoms with E-state index in [1.165, 1.54) is 11.3 Å². The molecule has 0 aliphatic carbocycles. The van der Waals surface area contributed by atoms with Crippen molar-refractivity contribution in [1.82, 2.24) is 4.72 Å². The predicted molar refractivity (Wildman–Crippen MR) is 84.0 cm³/mol. The summed E-state index contributed by atoms with van der Waals surface area (Å²) in [6.07, 6.45) is 0. The van der Waals surface area contributed by atoms with Crippen LogP contribution in [0.4, 0.5) is 5.69 Å². The smallest absolute Gasteiger partial charge is 0.242 e. The van der Waals surface area contributed by atoms with Crippen LogP contribution in [0.5, 0.6) is 0 Å². The Labute approximate surface area is 127 Å². The number of benzene rings is 1. The highest BCUT2D eigenvalue weighted by molar-refractivity contribution is 7.89. The third-order valence-electron chi connectivity index (χ3n) is 2.59. The van der Waals surface area contributed by atoms with Gasteiger partial charge in [-0.1, -0.05) is 30.7 Å². The second-order valence-electron chi connectivity index (χ2n) is 4.08. The molecule has 0 radical (unpaired) electrons. The first-order valence-electron chi connectivity index (χ1n) is 6.08. The third-order valence-corrected chi connectivity index (χ3v) is 5.47. The van der Waals surface area contributed by atoms with Crippen molar-refractivity contribution < 1.29 is 8.42 Å². The van der Waals surface area contributed by atoms with Crippen LogP contribution in [0.3, 0.4) is 0 Å². The van der Waals surface area contributed by atoms with Crippen molar-refractivity contribution in [2.24, 2.45) is 0 Å². The molecule has 4 nitrogen and oxygen atoms in total. The molecule has 1 aromatic carbocycles. The average Bonchev–Trinajstić information content (AvgIpc) is 2.82. The lowest BCUT2D eigenvalue weighted by atomic mass is 10.3. The zero-order chi connectivity index (χ0) is 14.6. The third kappa shape index (κ3) is 3.73. The van der Waals surface area contributed by atoms with Gasteiger partial charge in [0.1, 0.15) is 4.90 Å². The molecule has 0 spiro atoms. The van der Waals surface area contributed by atoms with E-state index in [4.69, 9.17) is 11.6 Å². The minimum atomic E-state index is -3.48. The van der Waals surface area contributed by atoms with Crippen LogP contribution in [-0.2, 0) is 16.6 Å². The molecule has 20 heavy (non-hydrogen) atoms. The Balaban J connectivity index is 2.20. The number of nitrogens with one attached hydrogen (secondary N) is 2. The van der Waals surface area contributed by atoms with E-state index in [1.807, 2.05) is 11.4 Å². The quantitative estimate of drug-likeness (QED) is 0.854. The van der Waals surface area contributed by atoms with Crippen LogP contribution in [0.2, 0.25) is 5.02 Å². The molecule has 1 heterocycles. The fraction of sp³-hybridized carbons (Fsp3) is 0.231. The summed E-state index contributed by atoms with van der Waals surface area (Å²) in [6, 6.07) is 8.70. The summed E-state index contributed by atoms with van der Waals surface area (Å²) >= 11 is 7.40. The standard InChI is InChI=1S/C13H15ClN2O2S2/c1-2-16-20(17,18)13-6-4-3-5-12(13)15-8-11-7-10(14)9-19-11/h3-7,9,15-16H,2,8H2,1H3. The minimum absolute atomic E-state index is 0.254. The number of sulfonamides is 1. The Kier molecular flexibility index (Phi) is 5.04. The van der Waals surface area contributed by atoms with E-state index in [1.54, 1.807) is 31.2 Å². The lowest BCUT2D eigenvalue weighted by molar-refractivity contribution is 0.584. The predicted octanol–water partition coefficient (Wildman–Crippen LogP) is 3.31. The van der Waals surface area contributed by atoms with E-state index >= 15 is 0 Å². The summed E-state index contributed by atoms with van der Waals surface area (Å²) in [5, 5.41) is 5.68. The van der Waals surface area contributed by atoms with Gasteiger partial charge in [-0.05, 0) is 18.2 Å². The zero-order valence-electron chi connectivity index (χ0n) is 10.9. The second-order valence-corrected chi connectivity index (χ2v) is 7.25. The molecule has 108 valence electrons. The molecule has 0 unspecified atom stereocenters. The summed E-state index contributed by atoms with van der Waals surface area (Å²) in [4.78, 5) is 1.30. The first-order valence-corrected chi connectivity index (χ1v) is 8.82. The molecule has 0 atom stereocenters. The molecule has 0 aliphatic rings. The number of thiophene rings is 1. The lowest BCUT2D eigenvalue weighted by Gasteiger charge is -2.12. The fourth-order valence-corrected chi connectivity index (χ4v) is 3.98. The van der Waals surface area contributed by atoms with E-state index in [0.29, 0.717) is 23.8 Å². The van der Waals surface area contributed by atoms with E-state index in [-0.39, 0.29) is 4.90 Å². The van der Waals surface area contributed by atoms with Crippen molar-refractivity contribution in [2.45, 2.75) is 18.4 Å². The highest BCUT2D eigenvalue weighted by Gasteiger charge is 2.16. The fourth-order valence-electron chi connectivity index (χ4n) is 1.74. The molecule has 2 rings (SSSR count). The second kappa shape index (κ2) is 6.58. The van der Waals surface area contributed by atoms with Gasteiger partial charge in [-0.2, -0.15) is 0 Å². The number of halogens is 1. The normalized spacial score (nSPS) is 11.5. The first-order chi connectivity index (χ1) is 9.53. The van der Waals surface area contributed by atoms with Crippen molar-refractivity contribution in [3.05, 3.63) is 45.6 Å². The van der Waals surface area contributed by atoms with E-state index in [0.717, 1.165) is 4.88 Å². The lowest BCUT2D eigenvalue weighted by Crippen LogP contribution is -2.24. The molecule has 0 bridgehead atoms. The van der Waals surface area contributed by atoms with Crippen LogP contribution in [0, 0.1) is 0 Å².